The number of benzene rings is 1. The fourth-order valence-electron chi connectivity index (χ4n) is 3.41. The minimum absolute atomic E-state index is 0.123. The molecular formula is C19H17N5O2S. The summed E-state index contributed by atoms with van der Waals surface area (Å²) in [5.41, 5.74) is 3.13. The summed E-state index contributed by atoms with van der Waals surface area (Å²) in [6, 6.07) is 9.93. The van der Waals surface area contributed by atoms with Gasteiger partial charge in [-0.25, -0.2) is 4.98 Å². The van der Waals surface area contributed by atoms with Gasteiger partial charge in [-0.05, 0) is 30.4 Å². The molecule has 0 unspecified atom stereocenters. The van der Waals surface area contributed by atoms with Gasteiger partial charge in [0.05, 0.1) is 5.39 Å². The van der Waals surface area contributed by atoms with E-state index in [4.69, 9.17) is 4.74 Å². The van der Waals surface area contributed by atoms with E-state index in [0.29, 0.717) is 6.54 Å². The zero-order chi connectivity index (χ0) is 18.2. The van der Waals surface area contributed by atoms with Crippen molar-refractivity contribution < 1.29 is 9.53 Å². The Bertz CT molecular complexity index is 1140. The summed E-state index contributed by atoms with van der Waals surface area (Å²) >= 11 is 1.74. The molecule has 3 heterocycles. The fraction of sp³-hybridized carbons (Fsp3) is 0.263. The predicted octanol–water partition coefficient (Wildman–Crippen LogP) is 2.52. The van der Waals surface area contributed by atoms with Crippen LogP contribution in [-0.4, -0.2) is 32.1 Å². The first-order chi connectivity index (χ1) is 13.3. The molecule has 8 heteroatoms. The maximum atomic E-state index is 12.0. The molecule has 5 rings (SSSR count). The molecule has 1 aromatic carbocycles. The third kappa shape index (κ3) is 3.02. The van der Waals surface area contributed by atoms with Crippen LogP contribution < -0.4 is 10.1 Å². The Hall–Kier alpha value is -3.00. The molecule has 0 atom stereocenters. The molecule has 136 valence electrons. The van der Waals surface area contributed by atoms with Crippen molar-refractivity contribution in [2.45, 2.75) is 25.8 Å². The monoisotopic (exact) mass is 379 g/mol. The van der Waals surface area contributed by atoms with Crippen LogP contribution in [0.15, 0.2) is 36.7 Å². The molecule has 1 amide bonds. The predicted molar refractivity (Wildman–Crippen MR) is 102 cm³/mol. The SMILES string of the molecule is O=C(COc1nc2c3c4c(sc3ncn2n1)CCC4)NCc1ccccc1. The molecule has 4 aromatic rings. The molecule has 27 heavy (non-hydrogen) atoms. The summed E-state index contributed by atoms with van der Waals surface area (Å²) < 4.78 is 7.14. The maximum absolute atomic E-state index is 12.0. The number of hydrogen-bond donors (Lipinski definition) is 1. The van der Waals surface area contributed by atoms with Crippen molar-refractivity contribution in [3.8, 4) is 6.01 Å². The first kappa shape index (κ1) is 16.2. The largest absolute Gasteiger partial charge is 0.452 e. The number of aryl methyl sites for hydroxylation is 2. The zero-order valence-corrected chi connectivity index (χ0v) is 15.3. The topological polar surface area (TPSA) is 81.4 Å². The molecular weight excluding hydrogens is 362 g/mol. The third-order valence-corrected chi connectivity index (χ3v) is 5.89. The van der Waals surface area contributed by atoms with Crippen molar-refractivity contribution in [1.82, 2.24) is 24.9 Å². The second-order valence-corrected chi connectivity index (χ2v) is 7.58. The van der Waals surface area contributed by atoms with E-state index in [1.165, 1.54) is 16.9 Å². The van der Waals surface area contributed by atoms with Gasteiger partial charge in [0, 0.05) is 11.4 Å². The quantitative estimate of drug-likeness (QED) is 0.576. The van der Waals surface area contributed by atoms with Crippen molar-refractivity contribution in [2.75, 3.05) is 6.61 Å². The van der Waals surface area contributed by atoms with E-state index in [9.17, 15) is 4.79 Å². The van der Waals surface area contributed by atoms with Crippen LogP contribution in [0.3, 0.4) is 0 Å². The average Bonchev–Trinajstić information content (AvgIpc) is 3.38. The van der Waals surface area contributed by atoms with Gasteiger partial charge < -0.3 is 10.1 Å². The second-order valence-electron chi connectivity index (χ2n) is 6.50. The molecule has 1 aliphatic rings. The highest BCUT2D eigenvalue weighted by Crippen LogP contribution is 2.38. The van der Waals surface area contributed by atoms with E-state index in [0.717, 1.165) is 34.3 Å². The van der Waals surface area contributed by atoms with E-state index < -0.39 is 0 Å². The summed E-state index contributed by atoms with van der Waals surface area (Å²) in [4.78, 5) is 23.4. The minimum Gasteiger partial charge on any atom is -0.452 e. The lowest BCUT2D eigenvalue weighted by Crippen LogP contribution is -2.28. The number of nitrogens with one attached hydrogen (secondary N) is 1. The lowest BCUT2D eigenvalue weighted by atomic mass is 10.2. The fourth-order valence-corrected chi connectivity index (χ4v) is 4.64. The van der Waals surface area contributed by atoms with Crippen molar-refractivity contribution in [3.63, 3.8) is 0 Å². The molecule has 3 aromatic heterocycles. The Labute approximate surface area is 159 Å². The number of rotatable bonds is 5. The van der Waals surface area contributed by atoms with Crippen LogP contribution in [0.4, 0.5) is 0 Å². The van der Waals surface area contributed by atoms with Crippen LogP contribution in [0, 0.1) is 0 Å². The lowest BCUT2D eigenvalue weighted by Gasteiger charge is -2.04. The van der Waals surface area contributed by atoms with Crippen LogP contribution in [0.5, 0.6) is 6.01 Å². The molecule has 1 N–H and O–H groups in total. The number of amides is 1. The molecule has 0 saturated carbocycles. The van der Waals surface area contributed by atoms with E-state index in [-0.39, 0.29) is 18.5 Å². The second kappa shape index (κ2) is 6.62. The van der Waals surface area contributed by atoms with Gasteiger partial charge in [-0.1, -0.05) is 30.3 Å². The number of hydrogen-bond acceptors (Lipinski definition) is 6. The molecule has 0 spiro atoms. The third-order valence-electron chi connectivity index (χ3n) is 4.69. The molecule has 1 aliphatic carbocycles. The number of nitrogens with zero attached hydrogens (tertiary/aromatic N) is 4. The van der Waals surface area contributed by atoms with Crippen LogP contribution >= 0.6 is 11.3 Å². The first-order valence-corrected chi connectivity index (χ1v) is 9.68. The summed E-state index contributed by atoms with van der Waals surface area (Å²) in [6.45, 7) is 0.343. The van der Waals surface area contributed by atoms with Gasteiger partial charge in [-0.3, -0.25) is 4.79 Å². The van der Waals surface area contributed by atoms with Gasteiger partial charge in [0.25, 0.3) is 5.91 Å². The van der Waals surface area contributed by atoms with Gasteiger partial charge in [-0.2, -0.15) is 9.50 Å². The summed E-state index contributed by atoms with van der Waals surface area (Å²) in [5.74, 6) is -0.211. The number of carbonyl (C=O) groups excluding carboxylic acids is 1. The number of aromatic nitrogens is 4. The molecule has 0 bridgehead atoms. The van der Waals surface area contributed by atoms with Crippen molar-refractivity contribution >= 4 is 33.1 Å². The highest BCUT2D eigenvalue weighted by Gasteiger charge is 2.22. The Morgan fingerprint density at radius 2 is 2.15 bits per heavy atom. The van der Waals surface area contributed by atoms with Crippen molar-refractivity contribution in [2.24, 2.45) is 0 Å². The number of fused-ring (bicyclic) bond motifs is 5. The summed E-state index contributed by atoms with van der Waals surface area (Å²) in [6.07, 6.45) is 5.00. The smallest absolute Gasteiger partial charge is 0.336 e. The Morgan fingerprint density at radius 3 is 3.04 bits per heavy atom. The first-order valence-electron chi connectivity index (χ1n) is 8.87. The van der Waals surface area contributed by atoms with E-state index in [1.807, 2.05) is 30.3 Å². The van der Waals surface area contributed by atoms with Gasteiger partial charge in [0.15, 0.2) is 12.3 Å². The molecule has 0 radical (unpaired) electrons. The van der Waals surface area contributed by atoms with Crippen LogP contribution in [-0.2, 0) is 24.2 Å². The summed E-state index contributed by atoms with van der Waals surface area (Å²) in [5, 5.41) is 8.20. The van der Waals surface area contributed by atoms with Gasteiger partial charge in [0.1, 0.15) is 11.2 Å². The lowest BCUT2D eigenvalue weighted by molar-refractivity contribution is -0.123. The highest BCUT2D eigenvalue weighted by molar-refractivity contribution is 7.19. The molecule has 7 nitrogen and oxygen atoms in total. The van der Waals surface area contributed by atoms with Gasteiger partial charge >= 0.3 is 6.01 Å². The normalized spacial score (nSPS) is 13.2. The highest BCUT2D eigenvalue weighted by atomic mass is 32.1. The number of carbonyl (C=O) groups is 1. The standard InChI is InChI=1S/C19H17N5O2S/c25-15(20-9-12-5-2-1-3-6-12)10-26-19-22-17-16-13-7-4-8-14(13)27-18(16)21-11-24(17)23-19/h1-3,5-6,11H,4,7-10H2,(H,20,25). The van der Waals surface area contributed by atoms with Crippen LogP contribution in [0.25, 0.3) is 15.9 Å². The van der Waals surface area contributed by atoms with Crippen LogP contribution in [0.2, 0.25) is 0 Å². The maximum Gasteiger partial charge on any atom is 0.336 e. The number of ether oxygens (including phenoxy) is 1. The van der Waals surface area contributed by atoms with Crippen molar-refractivity contribution in [1.29, 1.82) is 0 Å². The average molecular weight is 379 g/mol. The van der Waals surface area contributed by atoms with Gasteiger partial charge in [-0.15, -0.1) is 16.4 Å². The number of thiophene rings is 1. The van der Waals surface area contributed by atoms with Crippen molar-refractivity contribution in [3.05, 3.63) is 52.7 Å². The molecule has 0 saturated heterocycles. The molecule has 0 aliphatic heterocycles. The molecule has 0 fully saturated rings. The Morgan fingerprint density at radius 1 is 1.26 bits per heavy atom. The van der Waals surface area contributed by atoms with E-state index in [2.05, 4.69) is 20.4 Å². The zero-order valence-electron chi connectivity index (χ0n) is 14.5. The van der Waals surface area contributed by atoms with E-state index >= 15 is 0 Å². The van der Waals surface area contributed by atoms with Gasteiger partial charge in [0.2, 0.25) is 0 Å². The minimum atomic E-state index is -0.211. The Kier molecular flexibility index (Phi) is 3.97. The van der Waals surface area contributed by atoms with E-state index in [1.54, 1.807) is 22.2 Å². The Balaban J connectivity index is 1.31. The summed E-state index contributed by atoms with van der Waals surface area (Å²) in [7, 11) is 0. The van der Waals surface area contributed by atoms with Crippen LogP contribution in [0.1, 0.15) is 22.4 Å².